The number of alkyl halides is 3. The van der Waals surface area contributed by atoms with E-state index in [0.717, 1.165) is 5.69 Å². The van der Waals surface area contributed by atoms with Crippen LogP contribution in [0.1, 0.15) is 19.5 Å². The van der Waals surface area contributed by atoms with E-state index in [1.165, 1.54) is 6.20 Å². The van der Waals surface area contributed by atoms with E-state index in [1.807, 2.05) is 12.1 Å². The van der Waals surface area contributed by atoms with Gasteiger partial charge in [-0.05, 0) is 26.0 Å². The Morgan fingerprint density at radius 1 is 1.13 bits per heavy atom. The normalized spacial score (nSPS) is 28.0. The third-order valence-corrected chi connectivity index (χ3v) is 4.84. The number of pyridine rings is 1. The van der Waals surface area contributed by atoms with Crippen molar-refractivity contribution in [1.82, 2.24) is 15.0 Å². The number of nitrogens with zero attached hydrogens (tertiary/aromatic N) is 3. The lowest BCUT2D eigenvalue weighted by Crippen LogP contribution is -2.56. The van der Waals surface area contributed by atoms with Crippen LogP contribution in [0.2, 0.25) is 0 Å². The highest BCUT2D eigenvalue weighted by Gasteiger charge is 2.52. The number of hydrogen-bond donors (Lipinski definition) is 2. The number of anilines is 2. The van der Waals surface area contributed by atoms with Crippen LogP contribution >= 0.6 is 0 Å². The SMILES string of the molecule is CC1(C)O[C@@H]2[C@H](O1)[C@@H](Nc1cncc(C(F)(F)F)n1)CO[C@@H]2CNc1cccnc1. The first-order valence-electron chi connectivity index (χ1n) is 9.48. The highest BCUT2D eigenvalue weighted by atomic mass is 19.4. The molecule has 8 nitrogen and oxygen atoms in total. The van der Waals surface area contributed by atoms with Gasteiger partial charge in [0.1, 0.15) is 24.1 Å². The predicted molar refractivity (Wildman–Crippen MR) is 101 cm³/mol. The summed E-state index contributed by atoms with van der Waals surface area (Å²) in [4.78, 5) is 11.3. The first-order chi connectivity index (χ1) is 14.2. The fourth-order valence-electron chi connectivity index (χ4n) is 3.58. The van der Waals surface area contributed by atoms with Crippen LogP contribution in [-0.2, 0) is 20.4 Å². The van der Waals surface area contributed by atoms with Crippen LogP contribution in [0.4, 0.5) is 24.7 Å². The summed E-state index contributed by atoms with van der Waals surface area (Å²) in [6, 6.07) is 3.26. The molecule has 4 rings (SSSR count). The third-order valence-electron chi connectivity index (χ3n) is 4.84. The summed E-state index contributed by atoms with van der Waals surface area (Å²) in [7, 11) is 0. The van der Waals surface area contributed by atoms with Crippen molar-refractivity contribution in [3.63, 3.8) is 0 Å². The highest BCUT2D eigenvalue weighted by Crippen LogP contribution is 2.36. The Morgan fingerprint density at radius 3 is 2.67 bits per heavy atom. The third kappa shape index (κ3) is 4.63. The zero-order valence-electron chi connectivity index (χ0n) is 16.4. The Morgan fingerprint density at radius 2 is 1.93 bits per heavy atom. The first kappa shape index (κ1) is 20.8. The van der Waals surface area contributed by atoms with Crippen molar-refractivity contribution in [2.24, 2.45) is 0 Å². The molecule has 2 N–H and O–H groups in total. The monoisotopic (exact) mass is 425 g/mol. The van der Waals surface area contributed by atoms with E-state index in [2.05, 4.69) is 25.6 Å². The Hall–Kier alpha value is -2.50. The van der Waals surface area contributed by atoms with Gasteiger partial charge in [-0.15, -0.1) is 0 Å². The van der Waals surface area contributed by atoms with Gasteiger partial charge in [0.15, 0.2) is 11.5 Å². The molecule has 0 amide bonds. The molecule has 30 heavy (non-hydrogen) atoms. The summed E-state index contributed by atoms with van der Waals surface area (Å²) in [5.41, 5.74) is -0.224. The van der Waals surface area contributed by atoms with Crippen molar-refractivity contribution < 1.29 is 27.4 Å². The summed E-state index contributed by atoms with van der Waals surface area (Å²) in [5.74, 6) is -0.855. The topological polar surface area (TPSA) is 90.4 Å². The first-order valence-corrected chi connectivity index (χ1v) is 9.48. The largest absolute Gasteiger partial charge is 0.434 e. The minimum Gasteiger partial charge on any atom is -0.381 e. The second-order valence-electron chi connectivity index (χ2n) is 7.60. The number of halogens is 3. The van der Waals surface area contributed by atoms with Crippen molar-refractivity contribution in [3.8, 4) is 0 Å². The molecule has 2 aromatic heterocycles. The fraction of sp³-hybridized carbons (Fsp3) is 0.526. The van der Waals surface area contributed by atoms with Crippen molar-refractivity contribution in [3.05, 3.63) is 42.6 Å². The van der Waals surface area contributed by atoms with Gasteiger partial charge in [0.2, 0.25) is 0 Å². The van der Waals surface area contributed by atoms with E-state index in [9.17, 15) is 13.2 Å². The Labute approximate surface area is 171 Å². The minimum absolute atomic E-state index is 0.00239. The van der Waals surface area contributed by atoms with Crippen LogP contribution < -0.4 is 10.6 Å². The number of nitrogens with one attached hydrogen (secondary N) is 2. The average Bonchev–Trinajstić information content (AvgIpc) is 3.03. The number of rotatable bonds is 5. The molecule has 2 aliphatic rings. The van der Waals surface area contributed by atoms with E-state index in [-0.39, 0.29) is 18.5 Å². The van der Waals surface area contributed by atoms with E-state index in [4.69, 9.17) is 14.2 Å². The molecule has 2 fully saturated rings. The zero-order chi connectivity index (χ0) is 21.4. The molecular weight excluding hydrogens is 403 g/mol. The fourth-order valence-corrected chi connectivity index (χ4v) is 3.58. The van der Waals surface area contributed by atoms with E-state index in [0.29, 0.717) is 12.7 Å². The average molecular weight is 425 g/mol. The second kappa shape index (κ2) is 7.97. The summed E-state index contributed by atoms with van der Waals surface area (Å²) in [6.45, 7) is 4.25. The molecule has 162 valence electrons. The van der Waals surface area contributed by atoms with Gasteiger partial charge in [-0.1, -0.05) is 0 Å². The molecule has 11 heteroatoms. The van der Waals surface area contributed by atoms with Crippen molar-refractivity contribution in [2.75, 3.05) is 23.8 Å². The van der Waals surface area contributed by atoms with Gasteiger partial charge in [0.25, 0.3) is 0 Å². The van der Waals surface area contributed by atoms with Crippen molar-refractivity contribution in [1.29, 1.82) is 0 Å². The molecule has 0 saturated carbocycles. The minimum atomic E-state index is -4.58. The lowest BCUT2D eigenvalue weighted by atomic mass is 9.98. The van der Waals surface area contributed by atoms with Gasteiger partial charge in [-0.2, -0.15) is 13.2 Å². The maximum atomic E-state index is 12.9. The second-order valence-corrected chi connectivity index (χ2v) is 7.60. The summed E-state index contributed by atoms with van der Waals surface area (Å²) in [6.07, 6.45) is -0.448. The van der Waals surface area contributed by atoms with Gasteiger partial charge in [-0.3, -0.25) is 9.97 Å². The molecule has 0 unspecified atom stereocenters. The van der Waals surface area contributed by atoms with E-state index in [1.54, 1.807) is 26.2 Å². The molecule has 0 aromatic carbocycles. The molecule has 0 aliphatic carbocycles. The van der Waals surface area contributed by atoms with Crippen LogP contribution in [0.3, 0.4) is 0 Å². The van der Waals surface area contributed by atoms with Gasteiger partial charge in [0, 0.05) is 18.9 Å². The quantitative estimate of drug-likeness (QED) is 0.756. The molecule has 4 atom stereocenters. The number of fused-ring (bicyclic) bond motifs is 1. The van der Waals surface area contributed by atoms with Crippen LogP contribution in [0.25, 0.3) is 0 Å². The van der Waals surface area contributed by atoms with Gasteiger partial charge in [0.05, 0.1) is 30.7 Å². The zero-order valence-corrected chi connectivity index (χ0v) is 16.4. The summed E-state index contributed by atoms with van der Waals surface area (Å²) < 4.78 is 56.8. The number of ether oxygens (including phenoxy) is 3. The Bertz CT molecular complexity index is 868. The standard InChI is InChI=1S/C19H22F3N5O3/c1-18(2)29-16-12(26-15-9-24-8-14(27-15)19(20,21)22)10-28-13(17(16)30-18)7-25-11-4-3-5-23-6-11/h3-6,8-9,12-13,16-17,25H,7,10H2,1-2H3,(H,26,27)/t12-,13+,16+,17-/m0/s1. The van der Waals surface area contributed by atoms with Crippen molar-refractivity contribution in [2.45, 2.75) is 50.2 Å². The molecular formula is C19H22F3N5O3. The summed E-state index contributed by atoms with van der Waals surface area (Å²) in [5, 5.41) is 6.22. The lowest BCUT2D eigenvalue weighted by molar-refractivity contribution is -0.152. The lowest BCUT2D eigenvalue weighted by Gasteiger charge is -2.37. The van der Waals surface area contributed by atoms with Crippen LogP contribution in [0, 0.1) is 0 Å². The van der Waals surface area contributed by atoms with E-state index >= 15 is 0 Å². The Balaban J connectivity index is 1.47. The number of aromatic nitrogens is 3. The van der Waals surface area contributed by atoms with Gasteiger partial charge >= 0.3 is 6.18 Å². The van der Waals surface area contributed by atoms with E-state index < -0.39 is 35.9 Å². The summed E-state index contributed by atoms with van der Waals surface area (Å²) >= 11 is 0. The maximum absolute atomic E-state index is 12.9. The smallest absolute Gasteiger partial charge is 0.381 e. The molecule has 2 aromatic rings. The van der Waals surface area contributed by atoms with Crippen LogP contribution in [-0.4, -0.2) is 58.2 Å². The van der Waals surface area contributed by atoms with Crippen molar-refractivity contribution >= 4 is 11.5 Å². The molecule has 0 spiro atoms. The molecule has 2 saturated heterocycles. The number of hydrogen-bond acceptors (Lipinski definition) is 8. The van der Waals surface area contributed by atoms with Gasteiger partial charge < -0.3 is 24.8 Å². The molecule has 4 heterocycles. The maximum Gasteiger partial charge on any atom is 0.434 e. The highest BCUT2D eigenvalue weighted by molar-refractivity contribution is 5.40. The molecule has 0 bridgehead atoms. The Kier molecular flexibility index (Phi) is 5.51. The molecule has 2 aliphatic heterocycles. The predicted octanol–water partition coefficient (Wildman–Crippen LogP) is 2.70. The van der Waals surface area contributed by atoms with Crippen LogP contribution in [0.15, 0.2) is 36.9 Å². The van der Waals surface area contributed by atoms with Gasteiger partial charge in [-0.25, -0.2) is 4.98 Å². The van der Waals surface area contributed by atoms with Crippen LogP contribution in [0.5, 0.6) is 0 Å². The molecule has 0 radical (unpaired) electrons.